The highest BCUT2D eigenvalue weighted by atomic mass is 32.2. The maximum Gasteiger partial charge on any atom is 0.245 e. The van der Waals surface area contributed by atoms with E-state index in [0.717, 1.165) is 11.4 Å². The predicted octanol–water partition coefficient (Wildman–Crippen LogP) is 0.572. The van der Waals surface area contributed by atoms with Gasteiger partial charge >= 0.3 is 0 Å². The van der Waals surface area contributed by atoms with Crippen molar-refractivity contribution >= 4 is 40.0 Å². The predicted molar refractivity (Wildman–Crippen MR) is 67.0 cm³/mol. The van der Waals surface area contributed by atoms with Crippen molar-refractivity contribution in [2.24, 2.45) is 0 Å². The summed E-state index contributed by atoms with van der Waals surface area (Å²) in [6.45, 7) is 2.07. The number of amides is 2. The van der Waals surface area contributed by atoms with E-state index in [0.29, 0.717) is 16.8 Å². The third-order valence-electron chi connectivity index (χ3n) is 2.18. The number of aromatic nitrogens is 2. The maximum atomic E-state index is 11.6. The first-order valence-electron chi connectivity index (χ1n) is 5.16. The van der Waals surface area contributed by atoms with Gasteiger partial charge in [0.25, 0.3) is 0 Å². The van der Waals surface area contributed by atoms with Crippen LogP contribution in [0.3, 0.4) is 0 Å². The monoisotopic (exact) mass is 272 g/mol. The van der Waals surface area contributed by atoms with Crippen LogP contribution in [0, 0.1) is 0 Å². The maximum absolute atomic E-state index is 11.6. The quantitative estimate of drug-likeness (QED) is 0.867. The molecular formula is C9H12N4O2S2. The Morgan fingerprint density at radius 3 is 2.94 bits per heavy atom. The van der Waals surface area contributed by atoms with Crippen molar-refractivity contribution < 1.29 is 9.59 Å². The Morgan fingerprint density at radius 1 is 1.53 bits per heavy atom. The first-order chi connectivity index (χ1) is 8.19. The smallest absolute Gasteiger partial charge is 0.245 e. The van der Waals surface area contributed by atoms with Crippen LogP contribution in [0.5, 0.6) is 0 Å². The summed E-state index contributed by atoms with van der Waals surface area (Å²) in [6.07, 6.45) is 0.800. The van der Waals surface area contributed by atoms with E-state index in [1.54, 1.807) is 0 Å². The zero-order valence-electron chi connectivity index (χ0n) is 9.30. The summed E-state index contributed by atoms with van der Waals surface area (Å²) < 4.78 is 0. The summed E-state index contributed by atoms with van der Waals surface area (Å²) in [5.41, 5.74) is 0. The van der Waals surface area contributed by atoms with E-state index in [1.165, 1.54) is 28.0 Å². The molecule has 0 atom stereocenters. The molecule has 1 saturated heterocycles. The molecule has 1 fully saturated rings. The van der Waals surface area contributed by atoms with Gasteiger partial charge in [-0.1, -0.05) is 18.3 Å². The first kappa shape index (κ1) is 12.3. The normalized spacial score (nSPS) is 15.4. The number of aryl methyl sites for hydroxylation is 1. The molecule has 0 saturated carbocycles. The molecule has 1 aliphatic rings. The fourth-order valence-corrected chi connectivity index (χ4v) is 2.92. The van der Waals surface area contributed by atoms with Crippen molar-refractivity contribution in [1.82, 2.24) is 15.1 Å². The van der Waals surface area contributed by atoms with Crippen LogP contribution >= 0.6 is 23.1 Å². The summed E-state index contributed by atoms with van der Waals surface area (Å²) in [7, 11) is 0. The summed E-state index contributed by atoms with van der Waals surface area (Å²) in [6, 6.07) is 0. The highest BCUT2D eigenvalue weighted by Crippen LogP contribution is 2.17. The standard InChI is InChI=1S/C9H12N4O2S2/c1-2-7-11-12-9(17-7)10-6(14)3-13-5-16-4-8(13)15/h2-5H2,1H3,(H,10,12,14). The van der Waals surface area contributed by atoms with Crippen LogP contribution in [0.4, 0.5) is 5.13 Å². The molecule has 0 aromatic carbocycles. The fraction of sp³-hybridized carbons (Fsp3) is 0.556. The first-order valence-corrected chi connectivity index (χ1v) is 7.14. The van der Waals surface area contributed by atoms with Gasteiger partial charge in [0.1, 0.15) is 11.6 Å². The Morgan fingerprint density at radius 2 is 2.35 bits per heavy atom. The zero-order valence-corrected chi connectivity index (χ0v) is 10.9. The summed E-state index contributed by atoms with van der Waals surface area (Å²) in [5, 5.41) is 11.8. The van der Waals surface area contributed by atoms with E-state index in [-0.39, 0.29) is 18.4 Å². The molecule has 1 aromatic rings. The Balaban J connectivity index is 1.86. The van der Waals surface area contributed by atoms with Crippen LogP contribution in [0.1, 0.15) is 11.9 Å². The van der Waals surface area contributed by atoms with Crippen molar-refractivity contribution in [2.75, 3.05) is 23.5 Å². The molecule has 0 spiro atoms. The van der Waals surface area contributed by atoms with Gasteiger partial charge in [-0.05, 0) is 6.42 Å². The lowest BCUT2D eigenvalue weighted by Gasteiger charge is -2.12. The minimum absolute atomic E-state index is 0.0108. The lowest BCUT2D eigenvalue weighted by atomic mass is 10.5. The third-order valence-corrected chi connectivity index (χ3v) is 4.10. The van der Waals surface area contributed by atoms with Gasteiger partial charge in [0, 0.05) is 0 Å². The van der Waals surface area contributed by atoms with Gasteiger partial charge in [-0.2, -0.15) is 0 Å². The van der Waals surface area contributed by atoms with Crippen molar-refractivity contribution in [3.05, 3.63) is 5.01 Å². The van der Waals surface area contributed by atoms with Gasteiger partial charge in [-0.3, -0.25) is 14.9 Å². The largest absolute Gasteiger partial charge is 0.323 e. The number of hydrogen-bond donors (Lipinski definition) is 1. The van der Waals surface area contributed by atoms with Gasteiger partial charge in [0.2, 0.25) is 16.9 Å². The second-order valence-electron chi connectivity index (χ2n) is 3.47. The van der Waals surface area contributed by atoms with Crippen LogP contribution in [-0.4, -0.2) is 45.1 Å². The van der Waals surface area contributed by atoms with E-state index >= 15 is 0 Å². The SMILES string of the molecule is CCc1nnc(NC(=O)CN2CSCC2=O)s1. The second-order valence-corrected chi connectivity index (χ2v) is 5.49. The molecule has 0 bridgehead atoms. The Bertz CT molecular complexity index is 434. The van der Waals surface area contributed by atoms with E-state index in [4.69, 9.17) is 0 Å². The molecule has 0 radical (unpaired) electrons. The van der Waals surface area contributed by atoms with Gasteiger partial charge < -0.3 is 4.90 Å². The van der Waals surface area contributed by atoms with E-state index in [9.17, 15) is 9.59 Å². The van der Waals surface area contributed by atoms with Crippen LogP contribution in [-0.2, 0) is 16.0 Å². The van der Waals surface area contributed by atoms with E-state index in [2.05, 4.69) is 15.5 Å². The highest BCUT2D eigenvalue weighted by Gasteiger charge is 2.23. The number of anilines is 1. The minimum Gasteiger partial charge on any atom is -0.323 e. The van der Waals surface area contributed by atoms with Crippen molar-refractivity contribution in [3.8, 4) is 0 Å². The van der Waals surface area contributed by atoms with Crippen molar-refractivity contribution in [3.63, 3.8) is 0 Å². The molecule has 8 heteroatoms. The topological polar surface area (TPSA) is 75.2 Å². The zero-order chi connectivity index (χ0) is 12.3. The molecule has 1 N–H and O–H groups in total. The number of carbonyl (C=O) groups excluding carboxylic acids is 2. The van der Waals surface area contributed by atoms with Crippen LogP contribution in [0.15, 0.2) is 0 Å². The second kappa shape index (κ2) is 5.46. The lowest BCUT2D eigenvalue weighted by Crippen LogP contribution is -2.34. The molecule has 17 heavy (non-hydrogen) atoms. The molecule has 2 heterocycles. The Hall–Kier alpha value is -1.15. The van der Waals surface area contributed by atoms with Gasteiger partial charge in [0.15, 0.2) is 0 Å². The number of carbonyl (C=O) groups is 2. The van der Waals surface area contributed by atoms with Crippen LogP contribution < -0.4 is 5.32 Å². The third kappa shape index (κ3) is 3.16. The molecule has 92 valence electrons. The number of rotatable bonds is 4. The molecule has 2 rings (SSSR count). The Labute approximate surface area is 107 Å². The number of hydrogen-bond acceptors (Lipinski definition) is 6. The molecule has 2 amide bonds. The van der Waals surface area contributed by atoms with E-state index in [1.807, 2.05) is 6.92 Å². The van der Waals surface area contributed by atoms with Gasteiger partial charge in [0.05, 0.1) is 11.6 Å². The summed E-state index contributed by atoms with van der Waals surface area (Å²) in [5.74, 6) is 0.839. The highest BCUT2D eigenvalue weighted by molar-refractivity contribution is 8.00. The molecule has 0 aliphatic carbocycles. The molecular weight excluding hydrogens is 260 g/mol. The fourth-order valence-electron chi connectivity index (χ4n) is 1.32. The van der Waals surface area contributed by atoms with Crippen molar-refractivity contribution in [2.45, 2.75) is 13.3 Å². The number of nitrogens with one attached hydrogen (secondary N) is 1. The Kier molecular flexibility index (Phi) is 3.95. The van der Waals surface area contributed by atoms with Crippen molar-refractivity contribution in [1.29, 1.82) is 0 Å². The number of nitrogens with zero attached hydrogens (tertiary/aromatic N) is 3. The average molecular weight is 272 g/mol. The minimum atomic E-state index is -0.223. The lowest BCUT2D eigenvalue weighted by molar-refractivity contribution is -0.130. The molecule has 6 nitrogen and oxygen atoms in total. The van der Waals surface area contributed by atoms with Crippen LogP contribution in [0.25, 0.3) is 0 Å². The number of thioether (sulfide) groups is 1. The average Bonchev–Trinajstić information content (AvgIpc) is 2.89. The molecule has 1 aliphatic heterocycles. The molecule has 0 unspecified atom stereocenters. The van der Waals surface area contributed by atoms with Gasteiger partial charge in [-0.15, -0.1) is 22.0 Å². The van der Waals surface area contributed by atoms with Gasteiger partial charge in [-0.25, -0.2) is 0 Å². The van der Waals surface area contributed by atoms with Crippen LogP contribution in [0.2, 0.25) is 0 Å². The summed E-state index contributed by atoms with van der Waals surface area (Å²) >= 11 is 2.87. The summed E-state index contributed by atoms with van der Waals surface area (Å²) in [4.78, 5) is 24.5. The van der Waals surface area contributed by atoms with E-state index < -0.39 is 0 Å². The molecule has 1 aromatic heterocycles.